The molecule has 0 aliphatic carbocycles. The van der Waals surface area contributed by atoms with Gasteiger partial charge in [-0.25, -0.2) is 0 Å². The van der Waals surface area contributed by atoms with Gasteiger partial charge in [0.15, 0.2) is 5.78 Å². The van der Waals surface area contributed by atoms with E-state index in [1.807, 2.05) is 86.7 Å². The van der Waals surface area contributed by atoms with Crippen molar-refractivity contribution < 1.29 is 4.79 Å². The molecule has 0 saturated heterocycles. The normalized spacial score (nSPS) is 11.3. The van der Waals surface area contributed by atoms with Crippen LogP contribution in [0.4, 0.5) is 0 Å². The number of aromatic nitrogens is 1. The van der Waals surface area contributed by atoms with Crippen LogP contribution in [0.15, 0.2) is 72.8 Å². The van der Waals surface area contributed by atoms with E-state index in [1.165, 1.54) is 0 Å². The van der Waals surface area contributed by atoms with Crippen LogP contribution in [0.5, 0.6) is 0 Å². The highest BCUT2D eigenvalue weighted by Gasteiger charge is 2.18. The van der Waals surface area contributed by atoms with Crippen LogP contribution in [-0.2, 0) is 0 Å². The number of nitrogens with one attached hydrogen (secondary N) is 1. The third-order valence-corrected chi connectivity index (χ3v) is 4.81. The molecular weight excluding hydrogens is 353 g/mol. The molecule has 0 saturated carbocycles. The van der Waals surface area contributed by atoms with Crippen LogP contribution in [0.2, 0.25) is 5.02 Å². The summed E-state index contributed by atoms with van der Waals surface area (Å²) in [5.74, 6) is 0.0152. The summed E-state index contributed by atoms with van der Waals surface area (Å²) < 4.78 is 0. The Labute approximate surface area is 163 Å². The Morgan fingerprint density at radius 1 is 0.926 bits per heavy atom. The van der Waals surface area contributed by atoms with Gasteiger partial charge in [0, 0.05) is 21.5 Å². The first-order valence-electron chi connectivity index (χ1n) is 8.77. The monoisotopic (exact) mass is 369 g/mol. The molecular formula is C23H17BClNO. The summed E-state index contributed by atoms with van der Waals surface area (Å²) in [7, 11) is 2.04. The topological polar surface area (TPSA) is 32.9 Å². The number of hydrogen-bond donors (Lipinski definition) is 1. The zero-order valence-corrected chi connectivity index (χ0v) is 15.6. The van der Waals surface area contributed by atoms with Crippen LogP contribution < -0.4 is 5.46 Å². The number of rotatable bonds is 4. The van der Waals surface area contributed by atoms with Crippen LogP contribution in [0.25, 0.3) is 23.1 Å². The van der Waals surface area contributed by atoms with Crippen LogP contribution in [0.1, 0.15) is 27.2 Å². The summed E-state index contributed by atoms with van der Waals surface area (Å²) in [6.45, 7) is 0. The predicted octanol–water partition coefficient (Wildman–Crippen LogP) is 4.48. The number of halogens is 1. The van der Waals surface area contributed by atoms with E-state index in [0.29, 0.717) is 16.1 Å². The minimum Gasteiger partial charge on any atom is -0.354 e. The molecule has 1 aromatic heterocycles. The lowest BCUT2D eigenvalue weighted by molar-refractivity contribution is 0.104. The molecule has 4 heteroatoms. The molecule has 4 rings (SSSR count). The second-order valence-electron chi connectivity index (χ2n) is 6.54. The zero-order chi connectivity index (χ0) is 18.8. The largest absolute Gasteiger partial charge is 0.354 e. The third kappa shape index (κ3) is 3.60. The number of hydrogen-bond acceptors (Lipinski definition) is 1. The van der Waals surface area contributed by atoms with Gasteiger partial charge in [0.1, 0.15) is 7.85 Å². The van der Waals surface area contributed by atoms with Gasteiger partial charge in [-0.1, -0.05) is 77.7 Å². The molecule has 1 N–H and O–H groups in total. The van der Waals surface area contributed by atoms with Gasteiger partial charge in [-0.15, -0.1) is 0 Å². The van der Waals surface area contributed by atoms with Crippen molar-refractivity contribution in [1.82, 2.24) is 4.98 Å². The number of carbonyl (C=O) groups is 1. The van der Waals surface area contributed by atoms with Crippen LogP contribution in [0.3, 0.4) is 0 Å². The maximum Gasteiger partial charge on any atom is 0.195 e. The lowest BCUT2D eigenvalue weighted by Gasteiger charge is -2.02. The first-order chi connectivity index (χ1) is 13.1. The van der Waals surface area contributed by atoms with Crippen molar-refractivity contribution in [1.29, 1.82) is 0 Å². The molecule has 0 aliphatic heterocycles. The number of aromatic amines is 1. The van der Waals surface area contributed by atoms with E-state index in [1.54, 1.807) is 0 Å². The summed E-state index contributed by atoms with van der Waals surface area (Å²) in [6, 6.07) is 23.1. The van der Waals surface area contributed by atoms with E-state index in [4.69, 9.17) is 11.6 Å². The fourth-order valence-electron chi connectivity index (χ4n) is 3.19. The molecule has 0 aliphatic rings. The second kappa shape index (κ2) is 7.30. The molecule has 130 valence electrons. The van der Waals surface area contributed by atoms with E-state index in [0.717, 1.165) is 27.6 Å². The van der Waals surface area contributed by atoms with Crippen LogP contribution in [0, 0.1) is 0 Å². The standard InChI is InChI=1S/C23H17BClNO/c24-17-9-12-19-21(14-17)26-20(13-8-15-6-10-18(25)11-7-15)22(19)23(27)16-4-2-1-3-5-16/h1-14,26H,24H2/b13-8+. The molecule has 0 amide bonds. The van der Waals surface area contributed by atoms with Crippen molar-refractivity contribution in [2.75, 3.05) is 0 Å². The van der Waals surface area contributed by atoms with E-state index in [-0.39, 0.29) is 5.78 Å². The SMILES string of the molecule is Bc1ccc2c(C(=O)c3ccccc3)c(/C=C/c3ccc(Cl)cc3)[nH]c2c1. The average Bonchev–Trinajstić information content (AvgIpc) is 3.05. The van der Waals surface area contributed by atoms with Crippen molar-refractivity contribution in [2.24, 2.45) is 0 Å². The van der Waals surface area contributed by atoms with Crippen LogP contribution in [-0.4, -0.2) is 18.6 Å². The molecule has 27 heavy (non-hydrogen) atoms. The molecule has 0 radical (unpaired) electrons. The summed E-state index contributed by atoms with van der Waals surface area (Å²) in [5.41, 5.74) is 5.31. The van der Waals surface area contributed by atoms with Crippen molar-refractivity contribution in [3.63, 3.8) is 0 Å². The molecule has 3 aromatic carbocycles. The minimum absolute atomic E-state index is 0.0152. The van der Waals surface area contributed by atoms with E-state index in [9.17, 15) is 4.79 Å². The highest BCUT2D eigenvalue weighted by molar-refractivity contribution is 6.33. The Morgan fingerprint density at radius 2 is 1.67 bits per heavy atom. The third-order valence-electron chi connectivity index (χ3n) is 4.56. The molecule has 1 heterocycles. The Kier molecular flexibility index (Phi) is 4.70. The maximum atomic E-state index is 13.2. The van der Waals surface area contributed by atoms with Crippen molar-refractivity contribution in [2.45, 2.75) is 0 Å². The minimum atomic E-state index is 0.0152. The smallest absolute Gasteiger partial charge is 0.195 e. The van der Waals surface area contributed by atoms with Gasteiger partial charge in [-0.05, 0) is 29.8 Å². The Morgan fingerprint density at radius 3 is 2.41 bits per heavy atom. The average molecular weight is 370 g/mol. The lowest BCUT2D eigenvalue weighted by atomic mass is 9.93. The molecule has 4 aromatic rings. The van der Waals surface area contributed by atoms with Gasteiger partial charge in [0.2, 0.25) is 0 Å². The van der Waals surface area contributed by atoms with Gasteiger partial charge in [-0.3, -0.25) is 4.79 Å². The fourth-order valence-corrected chi connectivity index (χ4v) is 3.32. The molecule has 0 atom stereocenters. The predicted molar refractivity (Wildman–Crippen MR) is 117 cm³/mol. The van der Waals surface area contributed by atoms with Gasteiger partial charge < -0.3 is 4.98 Å². The number of fused-ring (bicyclic) bond motifs is 1. The van der Waals surface area contributed by atoms with E-state index >= 15 is 0 Å². The van der Waals surface area contributed by atoms with Gasteiger partial charge in [0.05, 0.1) is 11.3 Å². The van der Waals surface area contributed by atoms with Gasteiger partial charge in [-0.2, -0.15) is 0 Å². The first kappa shape index (κ1) is 17.4. The quantitative estimate of drug-likeness (QED) is 0.417. The molecule has 0 bridgehead atoms. The molecule has 0 fully saturated rings. The zero-order valence-electron chi connectivity index (χ0n) is 14.9. The Balaban J connectivity index is 1.84. The highest BCUT2D eigenvalue weighted by atomic mass is 35.5. The second-order valence-corrected chi connectivity index (χ2v) is 6.98. The summed E-state index contributed by atoms with van der Waals surface area (Å²) >= 11 is 5.96. The highest BCUT2D eigenvalue weighted by Crippen LogP contribution is 2.26. The molecule has 2 nitrogen and oxygen atoms in total. The first-order valence-corrected chi connectivity index (χ1v) is 9.15. The van der Waals surface area contributed by atoms with Crippen LogP contribution >= 0.6 is 11.6 Å². The van der Waals surface area contributed by atoms with Crippen molar-refractivity contribution in [3.05, 3.63) is 100 Å². The molecule has 0 spiro atoms. The summed E-state index contributed by atoms with van der Waals surface area (Å²) in [5, 5.41) is 1.64. The van der Waals surface area contributed by atoms with Crippen molar-refractivity contribution in [3.8, 4) is 0 Å². The number of ketones is 1. The Bertz CT molecular complexity index is 1140. The lowest BCUT2D eigenvalue weighted by Crippen LogP contribution is -2.03. The van der Waals surface area contributed by atoms with Gasteiger partial charge in [0.25, 0.3) is 0 Å². The van der Waals surface area contributed by atoms with E-state index < -0.39 is 0 Å². The number of carbonyl (C=O) groups excluding carboxylic acids is 1. The Hall–Kier alpha value is -3.04. The summed E-state index contributed by atoms with van der Waals surface area (Å²) in [6.07, 6.45) is 3.93. The summed E-state index contributed by atoms with van der Waals surface area (Å²) in [4.78, 5) is 16.6. The van der Waals surface area contributed by atoms with E-state index in [2.05, 4.69) is 11.1 Å². The molecule has 0 unspecified atom stereocenters. The fraction of sp³-hybridized carbons (Fsp3) is 0. The van der Waals surface area contributed by atoms with Crippen molar-refractivity contribution >= 4 is 53.7 Å². The van der Waals surface area contributed by atoms with Gasteiger partial charge >= 0.3 is 0 Å². The number of benzene rings is 3. The maximum absolute atomic E-state index is 13.2. The number of H-pyrrole nitrogens is 1.